The van der Waals surface area contributed by atoms with Crippen molar-refractivity contribution in [1.82, 2.24) is 9.88 Å². The van der Waals surface area contributed by atoms with Gasteiger partial charge >= 0.3 is 0 Å². The molecule has 3 heterocycles. The highest BCUT2D eigenvalue weighted by atomic mass is 16.4. The van der Waals surface area contributed by atoms with Gasteiger partial charge in [0.05, 0.1) is 5.56 Å². The van der Waals surface area contributed by atoms with E-state index in [-0.39, 0.29) is 5.84 Å². The normalized spacial score (nSPS) is 24.5. The van der Waals surface area contributed by atoms with Crippen molar-refractivity contribution >= 4 is 11.7 Å². The predicted octanol–water partition coefficient (Wildman–Crippen LogP) is 1.24. The molecule has 2 saturated heterocycles. The van der Waals surface area contributed by atoms with Gasteiger partial charge in [-0.2, -0.15) is 0 Å². The molecule has 1 atom stereocenters. The molecule has 0 radical (unpaired) electrons. The van der Waals surface area contributed by atoms with Gasteiger partial charge in [-0.1, -0.05) is 11.6 Å². The summed E-state index contributed by atoms with van der Waals surface area (Å²) >= 11 is 0. The van der Waals surface area contributed by atoms with E-state index in [1.165, 1.54) is 32.4 Å². The van der Waals surface area contributed by atoms with Crippen molar-refractivity contribution in [3.8, 4) is 0 Å². The Bertz CT molecular complexity index is 513. The number of pyridine rings is 1. The number of rotatable bonds is 3. The number of likely N-dealkylation sites (tertiary alicyclic amines) is 1. The Labute approximate surface area is 125 Å². The quantitative estimate of drug-likeness (QED) is 0.379. The van der Waals surface area contributed by atoms with Crippen LogP contribution in [0, 0.1) is 0 Å². The molecule has 1 aromatic heterocycles. The molecule has 2 aliphatic rings. The minimum Gasteiger partial charge on any atom is -0.409 e. The Hall–Kier alpha value is -1.82. The fraction of sp³-hybridized carbons (Fsp3) is 0.600. The number of hydrogen-bond acceptors (Lipinski definition) is 5. The molecule has 3 N–H and O–H groups in total. The molecule has 3 rings (SSSR count). The first kappa shape index (κ1) is 14.1. The second-order valence-corrected chi connectivity index (χ2v) is 5.84. The maximum atomic E-state index is 8.92. The third kappa shape index (κ3) is 2.95. The summed E-state index contributed by atoms with van der Waals surface area (Å²) in [5.74, 6) is 0.951. The zero-order valence-electron chi connectivity index (χ0n) is 12.3. The number of anilines is 1. The molecule has 6 nitrogen and oxygen atoms in total. The predicted molar refractivity (Wildman–Crippen MR) is 82.8 cm³/mol. The smallest absolute Gasteiger partial charge is 0.173 e. The molecule has 2 fully saturated rings. The number of nitrogens with zero attached hydrogens (tertiary/aromatic N) is 4. The van der Waals surface area contributed by atoms with Gasteiger partial charge in [0, 0.05) is 25.3 Å². The molecule has 2 aliphatic heterocycles. The molecule has 1 unspecified atom stereocenters. The highest BCUT2D eigenvalue weighted by Gasteiger charge is 2.30. The van der Waals surface area contributed by atoms with Crippen molar-refractivity contribution in [2.75, 3.05) is 31.1 Å². The number of nitrogens with two attached hydrogens (primary N) is 1. The van der Waals surface area contributed by atoms with Gasteiger partial charge in [-0.15, -0.1) is 0 Å². The van der Waals surface area contributed by atoms with Gasteiger partial charge in [0.2, 0.25) is 0 Å². The van der Waals surface area contributed by atoms with Crippen molar-refractivity contribution in [2.45, 2.75) is 31.7 Å². The third-order valence-electron chi connectivity index (χ3n) is 4.54. The summed E-state index contributed by atoms with van der Waals surface area (Å²) in [5.41, 5.74) is 6.47. The lowest BCUT2D eigenvalue weighted by Gasteiger charge is -2.32. The maximum absolute atomic E-state index is 8.92. The third-order valence-corrected chi connectivity index (χ3v) is 4.54. The van der Waals surface area contributed by atoms with Gasteiger partial charge in [0.25, 0.3) is 0 Å². The monoisotopic (exact) mass is 289 g/mol. The Morgan fingerprint density at radius 3 is 2.86 bits per heavy atom. The SMILES string of the molecule is N/C(=N/O)c1cccnc1N1CCC(N2CCCCC2)C1. The lowest BCUT2D eigenvalue weighted by atomic mass is 10.1. The summed E-state index contributed by atoms with van der Waals surface area (Å²) in [5, 5.41) is 12.0. The molecule has 0 aromatic carbocycles. The number of piperidine rings is 1. The van der Waals surface area contributed by atoms with E-state index in [9.17, 15) is 0 Å². The summed E-state index contributed by atoms with van der Waals surface area (Å²) < 4.78 is 0. The molecule has 6 heteroatoms. The average molecular weight is 289 g/mol. The van der Waals surface area contributed by atoms with Gasteiger partial charge in [0.15, 0.2) is 5.84 Å². The zero-order valence-corrected chi connectivity index (χ0v) is 12.3. The van der Waals surface area contributed by atoms with Crippen molar-refractivity contribution in [1.29, 1.82) is 0 Å². The first-order chi connectivity index (χ1) is 10.3. The van der Waals surface area contributed by atoms with E-state index in [2.05, 4.69) is 19.9 Å². The van der Waals surface area contributed by atoms with Gasteiger partial charge in [-0.25, -0.2) is 4.98 Å². The number of oxime groups is 1. The molecule has 0 amide bonds. The van der Waals surface area contributed by atoms with Crippen LogP contribution in [-0.2, 0) is 0 Å². The molecule has 1 aromatic rings. The van der Waals surface area contributed by atoms with Crippen molar-refractivity contribution < 1.29 is 5.21 Å². The Morgan fingerprint density at radius 1 is 1.29 bits per heavy atom. The van der Waals surface area contributed by atoms with Crippen molar-refractivity contribution in [3.05, 3.63) is 23.9 Å². The van der Waals surface area contributed by atoms with Crippen LogP contribution >= 0.6 is 0 Å². The van der Waals surface area contributed by atoms with E-state index in [0.29, 0.717) is 11.6 Å². The molecule has 0 saturated carbocycles. The van der Waals surface area contributed by atoms with Crippen LogP contribution in [0.3, 0.4) is 0 Å². The molecule has 114 valence electrons. The summed E-state index contributed by atoms with van der Waals surface area (Å²) in [6, 6.07) is 4.27. The fourth-order valence-electron chi connectivity index (χ4n) is 3.42. The lowest BCUT2D eigenvalue weighted by molar-refractivity contribution is 0.175. The molecule has 21 heavy (non-hydrogen) atoms. The maximum Gasteiger partial charge on any atom is 0.173 e. The van der Waals surface area contributed by atoms with E-state index in [1.54, 1.807) is 6.20 Å². The number of amidine groups is 1. The van der Waals surface area contributed by atoms with Crippen LogP contribution in [-0.4, -0.2) is 53.1 Å². The highest BCUT2D eigenvalue weighted by molar-refractivity contribution is 6.01. The Morgan fingerprint density at radius 2 is 2.10 bits per heavy atom. The summed E-state index contributed by atoms with van der Waals surface area (Å²) in [6.45, 7) is 4.38. The van der Waals surface area contributed by atoms with Crippen molar-refractivity contribution in [3.63, 3.8) is 0 Å². The van der Waals surface area contributed by atoms with Crippen LogP contribution < -0.4 is 10.6 Å². The fourth-order valence-corrected chi connectivity index (χ4v) is 3.42. The van der Waals surface area contributed by atoms with E-state index >= 15 is 0 Å². The largest absolute Gasteiger partial charge is 0.409 e. The van der Waals surface area contributed by atoms with Crippen LogP contribution in [0.25, 0.3) is 0 Å². The zero-order chi connectivity index (χ0) is 14.7. The molecule has 0 bridgehead atoms. The van der Waals surface area contributed by atoms with Crippen molar-refractivity contribution in [2.24, 2.45) is 10.9 Å². The first-order valence-electron chi connectivity index (χ1n) is 7.71. The standard InChI is InChI=1S/C15H23N5O/c16-14(18-21)13-5-4-7-17-15(13)20-10-6-12(11-20)19-8-2-1-3-9-19/h4-5,7,12,21H,1-3,6,8-11H2,(H2,16,18). The van der Waals surface area contributed by atoms with Crippen LogP contribution in [0.2, 0.25) is 0 Å². The first-order valence-corrected chi connectivity index (χ1v) is 7.71. The van der Waals surface area contributed by atoms with E-state index in [0.717, 1.165) is 25.3 Å². The van der Waals surface area contributed by atoms with Crippen LogP contribution in [0.5, 0.6) is 0 Å². The molecule has 0 spiro atoms. The van der Waals surface area contributed by atoms with Crippen LogP contribution in [0.1, 0.15) is 31.2 Å². The van der Waals surface area contributed by atoms with E-state index in [4.69, 9.17) is 10.9 Å². The number of hydrogen-bond donors (Lipinski definition) is 2. The molecular weight excluding hydrogens is 266 g/mol. The van der Waals surface area contributed by atoms with Crippen LogP contribution in [0.15, 0.2) is 23.5 Å². The summed E-state index contributed by atoms with van der Waals surface area (Å²) in [4.78, 5) is 9.31. The number of aromatic nitrogens is 1. The van der Waals surface area contributed by atoms with Crippen LogP contribution in [0.4, 0.5) is 5.82 Å². The highest BCUT2D eigenvalue weighted by Crippen LogP contribution is 2.26. The summed E-state index contributed by atoms with van der Waals surface area (Å²) in [7, 11) is 0. The Kier molecular flexibility index (Phi) is 4.24. The van der Waals surface area contributed by atoms with E-state index in [1.807, 2.05) is 12.1 Å². The Balaban J connectivity index is 1.74. The van der Waals surface area contributed by atoms with Gasteiger partial charge < -0.3 is 15.8 Å². The lowest BCUT2D eigenvalue weighted by Crippen LogP contribution is -2.41. The average Bonchev–Trinajstić information content (AvgIpc) is 3.05. The topological polar surface area (TPSA) is 78.0 Å². The minimum absolute atomic E-state index is 0.125. The van der Waals surface area contributed by atoms with E-state index < -0.39 is 0 Å². The van der Waals surface area contributed by atoms with Gasteiger partial charge in [-0.05, 0) is 44.5 Å². The summed E-state index contributed by atoms with van der Waals surface area (Å²) in [6.07, 6.45) is 6.91. The van der Waals surface area contributed by atoms with Gasteiger partial charge in [-0.3, -0.25) is 4.90 Å². The molecule has 0 aliphatic carbocycles. The second-order valence-electron chi connectivity index (χ2n) is 5.84. The second kappa shape index (κ2) is 6.30. The van der Waals surface area contributed by atoms with Gasteiger partial charge in [0.1, 0.15) is 5.82 Å². The molecular formula is C15H23N5O. The minimum atomic E-state index is 0.125.